The third kappa shape index (κ3) is 4.17. The monoisotopic (exact) mass is 277 g/mol. The molecular weight excluding hydrogens is 256 g/mol. The maximum atomic E-state index is 12.3. The minimum atomic E-state index is -2.33. The molecule has 1 rings (SSSR count). The van der Waals surface area contributed by atoms with Crippen LogP contribution in [0, 0.1) is 6.92 Å². The van der Waals surface area contributed by atoms with E-state index in [1.807, 2.05) is 6.92 Å². The minimum Gasteiger partial charge on any atom is -0.345 e. The Balaban J connectivity index is 2.74. The smallest absolute Gasteiger partial charge is 0.255 e. The van der Waals surface area contributed by atoms with Gasteiger partial charge in [0.2, 0.25) is 0 Å². The second-order valence-corrected chi connectivity index (χ2v) is 5.40. The van der Waals surface area contributed by atoms with Gasteiger partial charge in [-0.25, -0.2) is 13.8 Å². The number of hydrogen-bond acceptors (Lipinski definition) is 4. The summed E-state index contributed by atoms with van der Waals surface area (Å²) in [6, 6.07) is 0.219. The highest BCUT2D eigenvalue weighted by Crippen LogP contribution is 2.30. The van der Waals surface area contributed by atoms with Crippen molar-refractivity contribution >= 4 is 16.5 Å². The van der Waals surface area contributed by atoms with Gasteiger partial charge in [0.1, 0.15) is 0 Å². The van der Waals surface area contributed by atoms with Crippen molar-refractivity contribution in [3.8, 4) is 0 Å². The van der Waals surface area contributed by atoms with Gasteiger partial charge in [-0.05, 0) is 26.8 Å². The fourth-order valence-corrected chi connectivity index (χ4v) is 2.76. The topological polar surface area (TPSA) is 28.2 Å². The molecule has 1 unspecified atom stereocenters. The van der Waals surface area contributed by atoms with Crippen LogP contribution in [-0.4, -0.2) is 31.5 Å². The number of rotatable bonds is 7. The molecule has 104 valence electrons. The zero-order chi connectivity index (χ0) is 13.7. The summed E-state index contributed by atoms with van der Waals surface area (Å²) in [5.41, 5.74) is 0.923. The molecule has 3 nitrogen and oxygen atoms in total. The number of hydrogen-bond donors (Lipinski definition) is 1. The Morgan fingerprint density at radius 2 is 2.11 bits per heavy atom. The Morgan fingerprint density at radius 1 is 1.44 bits per heavy atom. The molecule has 0 saturated carbocycles. The highest BCUT2D eigenvalue weighted by atomic mass is 32.1. The lowest BCUT2D eigenvalue weighted by Gasteiger charge is -2.14. The lowest BCUT2D eigenvalue weighted by molar-refractivity contribution is 0.156. The number of alkyl halides is 2. The van der Waals surface area contributed by atoms with Crippen molar-refractivity contribution in [1.29, 1.82) is 0 Å². The second kappa shape index (κ2) is 6.99. The van der Waals surface area contributed by atoms with E-state index >= 15 is 0 Å². The number of nitrogens with zero attached hydrogens (tertiary/aromatic N) is 2. The Kier molecular flexibility index (Phi) is 5.95. The number of thiazole rings is 1. The van der Waals surface area contributed by atoms with Crippen LogP contribution in [0.2, 0.25) is 0 Å². The van der Waals surface area contributed by atoms with E-state index in [4.69, 9.17) is 0 Å². The van der Waals surface area contributed by atoms with E-state index in [1.54, 1.807) is 7.05 Å². The van der Waals surface area contributed by atoms with Crippen LogP contribution >= 0.6 is 11.3 Å². The lowest BCUT2D eigenvalue weighted by Crippen LogP contribution is -2.23. The van der Waals surface area contributed by atoms with Crippen molar-refractivity contribution in [2.45, 2.75) is 39.7 Å². The molecule has 0 aliphatic carbocycles. The molecule has 1 N–H and O–H groups in total. The molecule has 0 amide bonds. The number of aromatic nitrogens is 1. The Bertz CT molecular complexity index is 368. The minimum absolute atomic E-state index is 0.219. The summed E-state index contributed by atoms with van der Waals surface area (Å²) < 4.78 is 24.7. The molecule has 0 spiro atoms. The van der Waals surface area contributed by atoms with Crippen LogP contribution in [0.4, 0.5) is 13.9 Å². The molecule has 6 heteroatoms. The highest BCUT2D eigenvalue weighted by Gasteiger charge is 2.17. The molecular formula is C12H21F2N3S. The van der Waals surface area contributed by atoms with Gasteiger partial charge in [0.15, 0.2) is 5.13 Å². The van der Waals surface area contributed by atoms with E-state index in [9.17, 15) is 8.78 Å². The third-order valence-electron chi connectivity index (χ3n) is 2.65. The highest BCUT2D eigenvalue weighted by molar-refractivity contribution is 7.15. The SMILES string of the molecule is CCCNC(C)c1sc(N(C)CC(F)F)nc1C. The van der Waals surface area contributed by atoms with Crippen molar-refractivity contribution in [3.05, 3.63) is 10.6 Å². The predicted octanol–water partition coefficient (Wildman–Crippen LogP) is 3.21. The van der Waals surface area contributed by atoms with Crippen LogP contribution in [-0.2, 0) is 0 Å². The van der Waals surface area contributed by atoms with Gasteiger partial charge in [0.25, 0.3) is 6.43 Å². The largest absolute Gasteiger partial charge is 0.345 e. The molecule has 0 fully saturated rings. The van der Waals surface area contributed by atoms with E-state index in [2.05, 4.69) is 24.1 Å². The van der Waals surface area contributed by atoms with Crippen LogP contribution in [0.15, 0.2) is 0 Å². The number of anilines is 1. The van der Waals surface area contributed by atoms with E-state index in [0.717, 1.165) is 23.5 Å². The molecule has 0 radical (unpaired) electrons. The van der Waals surface area contributed by atoms with Crippen LogP contribution in [0.5, 0.6) is 0 Å². The number of halogens is 2. The molecule has 0 saturated heterocycles. The third-order valence-corrected chi connectivity index (χ3v) is 4.11. The van der Waals surface area contributed by atoms with Crippen molar-refractivity contribution in [2.75, 3.05) is 25.0 Å². The normalized spacial score (nSPS) is 13.1. The molecule has 18 heavy (non-hydrogen) atoms. The van der Waals surface area contributed by atoms with E-state index < -0.39 is 6.43 Å². The summed E-state index contributed by atoms with van der Waals surface area (Å²) in [5.74, 6) is 0. The maximum absolute atomic E-state index is 12.3. The van der Waals surface area contributed by atoms with Gasteiger partial charge in [0.05, 0.1) is 12.2 Å². The van der Waals surface area contributed by atoms with Crippen LogP contribution in [0.3, 0.4) is 0 Å². The standard InChI is InChI=1S/C12H21F2N3S/c1-5-6-15-8(2)11-9(3)16-12(18-11)17(4)7-10(13)14/h8,10,15H,5-7H2,1-4H3. The first-order valence-electron chi connectivity index (χ1n) is 6.15. The summed E-state index contributed by atoms with van der Waals surface area (Å²) in [4.78, 5) is 7.00. The van der Waals surface area contributed by atoms with Gasteiger partial charge in [-0.2, -0.15) is 0 Å². The van der Waals surface area contributed by atoms with E-state index in [0.29, 0.717) is 5.13 Å². The van der Waals surface area contributed by atoms with Gasteiger partial charge < -0.3 is 10.2 Å². The summed E-state index contributed by atoms with van der Waals surface area (Å²) in [7, 11) is 1.65. The number of aryl methyl sites for hydroxylation is 1. The van der Waals surface area contributed by atoms with Crippen LogP contribution in [0.25, 0.3) is 0 Å². The van der Waals surface area contributed by atoms with Crippen LogP contribution in [0.1, 0.15) is 36.9 Å². The lowest BCUT2D eigenvalue weighted by atomic mass is 10.2. The summed E-state index contributed by atoms with van der Waals surface area (Å²) in [6.45, 7) is 6.79. The number of nitrogens with one attached hydrogen (secondary N) is 1. The van der Waals surface area contributed by atoms with E-state index in [-0.39, 0.29) is 12.6 Å². The molecule has 1 aromatic rings. The van der Waals surface area contributed by atoms with Gasteiger partial charge in [-0.3, -0.25) is 0 Å². The molecule has 1 aromatic heterocycles. The first-order valence-corrected chi connectivity index (χ1v) is 6.97. The molecule has 1 atom stereocenters. The van der Waals surface area contributed by atoms with Crippen LogP contribution < -0.4 is 10.2 Å². The molecule has 1 heterocycles. The van der Waals surface area contributed by atoms with Gasteiger partial charge >= 0.3 is 0 Å². The molecule has 0 aliphatic rings. The fraction of sp³-hybridized carbons (Fsp3) is 0.750. The maximum Gasteiger partial charge on any atom is 0.255 e. The zero-order valence-electron chi connectivity index (χ0n) is 11.3. The average molecular weight is 277 g/mol. The first kappa shape index (κ1) is 15.3. The van der Waals surface area contributed by atoms with E-state index in [1.165, 1.54) is 16.2 Å². The first-order chi connectivity index (χ1) is 8.45. The summed E-state index contributed by atoms with van der Waals surface area (Å²) in [5, 5.41) is 4.05. The zero-order valence-corrected chi connectivity index (χ0v) is 12.2. The second-order valence-electron chi connectivity index (χ2n) is 4.39. The van der Waals surface area contributed by atoms with Crippen molar-refractivity contribution in [2.24, 2.45) is 0 Å². The molecule has 0 bridgehead atoms. The Hall–Kier alpha value is -0.750. The van der Waals surface area contributed by atoms with Crippen molar-refractivity contribution in [3.63, 3.8) is 0 Å². The summed E-state index contributed by atoms with van der Waals surface area (Å²) in [6.07, 6.45) is -1.27. The summed E-state index contributed by atoms with van der Waals surface area (Å²) >= 11 is 1.49. The van der Waals surface area contributed by atoms with Gasteiger partial charge in [-0.15, -0.1) is 11.3 Å². The van der Waals surface area contributed by atoms with Gasteiger partial charge in [-0.1, -0.05) is 6.92 Å². The molecule has 0 aromatic carbocycles. The quantitative estimate of drug-likeness (QED) is 0.829. The average Bonchev–Trinajstić information content (AvgIpc) is 2.67. The predicted molar refractivity (Wildman–Crippen MR) is 72.8 cm³/mol. The Labute approximate surface area is 111 Å². The van der Waals surface area contributed by atoms with Crippen molar-refractivity contribution in [1.82, 2.24) is 10.3 Å². The van der Waals surface area contributed by atoms with Crippen molar-refractivity contribution < 1.29 is 8.78 Å². The fourth-order valence-electron chi connectivity index (χ4n) is 1.70. The van der Waals surface area contributed by atoms with Gasteiger partial charge in [0, 0.05) is 18.0 Å². The molecule has 0 aliphatic heterocycles. The Morgan fingerprint density at radius 3 is 2.67 bits per heavy atom.